The number of benzene rings is 2. The van der Waals surface area contributed by atoms with Crippen molar-refractivity contribution in [1.29, 1.82) is 0 Å². The van der Waals surface area contributed by atoms with Gasteiger partial charge in [-0.1, -0.05) is 48.5 Å². The van der Waals surface area contributed by atoms with Gasteiger partial charge in [-0.15, -0.1) is 0 Å². The second-order valence-corrected chi connectivity index (χ2v) is 6.64. The number of nitrogens with zero attached hydrogens (tertiary/aromatic N) is 1. The summed E-state index contributed by atoms with van der Waals surface area (Å²) >= 11 is 0. The first-order chi connectivity index (χ1) is 13.2. The monoisotopic (exact) mass is 392 g/mol. The Hall–Kier alpha value is -2.87. The van der Waals surface area contributed by atoms with E-state index in [4.69, 9.17) is 0 Å². The summed E-state index contributed by atoms with van der Waals surface area (Å²) in [5.41, 5.74) is -3.11. The number of hydrogen-bond acceptors (Lipinski definition) is 3. The molecule has 0 aromatic heterocycles. The molecule has 2 unspecified atom stereocenters. The summed E-state index contributed by atoms with van der Waals surface area (Å²) < 4.78 is 40.6. The van der Waals surface area contributed by atoms with Gasteiger partial charge in [-0.25, -0.2) is 0 Å². The lowest BCUT2D eigenvalue weighted by molar-refractivity contribution is -0.267. The Morgan fingerprint density at radius 2 is 1.64 bits per heavy atom. The Morgan fingerprint density at radius 1 is 1.07 bits per heavy atom. The minimum atomic E-state index is -5.05. The third-order valence-corrected chi connectivity index (χ3v) is 4.75. The van der Waals surface area contributed by atoms with E-state index in [1.165, 1.54) is 23.1 Å². The molecule has 1 heterocycles. The van der Waals surface area contributed by atoms with Gasteiger partial charge in [-0.3, -0.25) is 9.59 Å². The molecule has 1 saturated heterocycles. The number of anilines is 1. The average molecular weight is 392 g/mol. The van der Waals surface area contributed by atoms with Gasteiger partial charge in [0, 0.05) is 12.2 Å². The van der Waals surface area contributed by atoms with Crippen molar-refractivity contribution >= 4 is 17.5 Å². The maximum atomic E-state index is 13.5. The van der Waals surface area contributed by atoms with Crippen LogP contribution in [0.2, 0.25) is 0 Å². The van der Waals surface area contributed by atoms with Crippen LogP contribution in [0.4, 0.5) is 18.9 Å². The fraction of sp³-hybridized carbons (Fsp3) is 0.300. The number of nitrogens with one attached hydrogen (secondary N) is 1. The fourth-order valence-electron chi connectivity index (χ4n) is 3.24. The van der Waals surface area contributed by atoms with Crippen LogP contribution in [0.1, 0.15) is 18.4 Å². The van der Waals surface area contributed by atoms with Gasteiger partial charge in [0.05, 0.1) is 6.42 Å². The minimum absolute atomic E-state index is 0.273. The van der Waals surface area contributed by atoms with E-state index in [2.05, 4.69) is 5.32 Å². The molecule has 5 nitrogen and oxygen atoms in total. The number of carbonyl (C=O) groups is 2. The van der Waals surface area contributed by atoms with Crippen LogP contribution >= 0.6 is 0 Å². The van der Waals surface area contributed by atoms with E-state index in [9.17, 15) is 27.9 Å². The first kappa shape index (κ1) is 19.9. The number of alkyl halides is 3. The van der Waals surface area contributed by atoms with Gasteiger partial charge < -0.3 is 15.3 Å². The van der Waals surface area contributed by atoms with Crippen molar-refractivity contribution in [3.05, 3.63) is 66.2 Å². The van der Waals surface area contributed by atoms with Crippen LogP contribution in [0.5, 0.6) is 0 Å². The third-order valence-electron chi connectivity index (χ3n) is 4.75. The molecule has 8 heteroatoms. The molecule has 2 aromatic rings. The molecule has 28 heavy (non-hydrogen) atoms. The lowest BCUT2D eigenvalue weighted by atomic mass is 9.89. The predicted octanol–water partition coefficient (Wildman–Crippen LogP) is 2.75. The second kappa shape index (κ2) is 7.63. The van der Waals surface area contributed by atoms with Crippen molar-refractivity contribution in [2.75, 3.05) is 11.4 Å². The van der Waals surface area contributed by atoms with Gasteiger partial charge in [0.15, 0.2) is 5.60 Å². The van der Waals surface area contributed by atoms with Crippen LogP contribution in [0.3, 0.4) is 0 Å². The Morgan fingerprint density at radius 3 is 2.21 bits per heavy atom. The quantitative estimate of drug-likeness (QED) is 0.822. The number of rotatable bonds is 5. The molecule has 2 amide bonds. The van der Waals surface area contributed by atoms with Gasteiger partial charge in [0.1, 0.15) is 6.04 Å². The van der Waals surface area contributed by atoms with Crippen LogP contribution in [0.25, 0.3) is 0 Å². The van der Waals surface area contributed by atoms with E-state index >= 15 is 0 Å². The molecule has 0 spiro atoms. The average Bonchev–Trinajstić information content (AvgIpc) is 3.02. The summed E-state index contributed by atoms with van der Waals surface area (Å²) in [6, 6.07) is 14.3. The van der Waals surface area contributed by atoms with E-state index in [0.29, 0.717) is 12.2 Å². The number of para-hydroxylation sites is 1. The Kier molecular flexibility index (Phi) is 5.42. The lowest BCUT2D eigenvalue weighted by Gasteiger charge is -2.30. The first-order valence-corrected chi connectivity index (χ1v) is 8.73. The first-order valence-electron chi connectivity index (χ1n) is 8.73. The summed E-state index contributed by atoms with van der Waals surface area (Å²) in [6.07, 6.45) is -6.01. The largest absolute Gasteiger partial charge is 0.421 e. The molecule has 148 valence electrons. The molecule has 0 radical (unpaired) electrons. The van der Waals surface area contributed by atoms with E-state index in [0.717, 1.165) is 12.1 Å². The summed E-state index contributed by atoms with van der Waals surface area (Å²) in [7, 11) is 0. The molecule has 2 atom stereocenters. The van der Waals surface area contributed by atoms with Crippen molar-refractivity contribution in [2.45, 2.75) is 30.7 Å². The Balaban J connectivity index is 1.71. The fourth-order valence-corrected chi connectivity index (χ4v) is 3.24. The highest BCUT2D eigenvalue weighted by molar-refractivity contribution is 6.01. The molecule has 3 rings (SSSR count). The number of carbonyl (C=O) groups excluding carboxylic acids is 2. The lowest BCUT2D eigenvalue weighted by Crippen LogP contribution is -2.49. The van der Waals surface area contributed by atoms with Crippen LogP contribution in [0.15, 0.2) is 60.7 Å². The molecular weight excluding hydrogens is 373 g/mol. The highest BCUT2D eigenvalue weighted by atomic mass is 19.4. The van der Waals surface area contributed by atoms with Crippen LogP contribution in [0, 0.1) is 0 Å². The number of aliphatic hydroxyl groups is 1. The van der Waals surface area contributed by atoms with Crippen molar-refractivity contribution < 1.29 is 27.9 Å². The van der Waals surface area contributed by atoms with Gasteiger partial charge >= 0.3 is 6.18 Å². The second-order valence-electron chi connectivity index (χ2n) is 6.64. The predicted molar refractivity (Wildman–Crippen MR) is 96.4 cm³/mol. The van der Waals surface area contributed by atoms with Crippen molar-refractivity contribution in [2.24, 2.45) is 0 Å². The molecule has 0 aliphatic carbocycles. The molecule has 1 fully saturated rings. The zero-order chi connectivity index (χ0) is 20.4. The maximum Gasteiger partial charge on any atom is 0.421 e. The molecule has 0 saturated carbocycles. The summed E-state index contributed by atoms with van der Waals surface area (Å²) in [5, 5.41) is 12.6. The van der Waals surface area contributed by atoms with Gasteiger partial charge in [-0.05, 0) is 24.1 Å². The summed E-state index contributed by atoms with van der Waals surface area (Å²) in [6.45, 7) is 0.343. The molecule has 1 aliphatic rings. The van der Waals surface area contributed by atoms with Crippen molar-refractivity contribution in [3.8, 4) is 0 Å². The minimum Gasteiger partial charge on any atom is -0.376 e. The van der Waals surface area contributed by atoms with E-state index in [1.54, 1.807) is 30.3 Å². The third kappa shape index (κ3) is 3.87. The van der Waals surface area contributed by atoms with Crippen LogP contribution in [-0.2, 0) is 15.2 Å². The van der Waals surface area contributed by atoms with E-state index in [-0.39, 0.29) is 6.42 Å². The van der Waals surface area contributed by atoms with Gasteiger partial charge in [0.25, 0.3) is 0 Å². The van der Waals surface area contributed by atoms with Gasteiger partial charge in [0.2, 0.25) is 11.8 Å². The number of hydrogen-bond donors (Lipinski definition) is 2. The number of amides is 2. The topological polar surface area (TPSA) is 69.6 Å². The highest BCUT2D eigenvalue weighted by Crippen LogP contribution is 2.41. The van der Waals surface area contributed by atoms with Crippen LogP contribution < -0.4 is 10.2 Å². The molecule has 2 N–H and O–H groups in total. The summed E-state index contributed by atoms with van der Waals surface area (Å²) in [5.74, 6) is -1.44. The van der Waals surface area contributed by atoms with Crippen molar-refractivity contribution in [1.82, 2.24) is 5.32 Å². The standard InChI is InChI=1S/C20H19F3N2O3/c21-20(22,23)19(28,14-7-3-1-4-8-14)13-17(26)24-16-11-12-25(18(16)27)15-9-5-2-6-10-15/h1-10,16,28H,11-13H2,(H,24,26). The molecular formula is C20H19F3N2O3. The Bertz CT molecular complexity index is 843. The zero-order valence-corrected chi connectivity index (χ0v) is 14.8. The zero-order valence-electron chi connectivity index (χ0n) is 14.8. The highest BCUT2D eigenvalue weighted by Gasteiger charge is 2.56. The van der Waals surface area contributed by atoms with Crippen molar-refractivity contribution in [3.63, 3.8) is 0 Å². The smallest absolute Gasteiger partial charge is 0.376 e. The summed E-state index contributed by atoms with van der Waals surface area (Å²) in [4.78, 5) is 26.3. The van der Waals surface area contributed by atoms with E-state index in [1.807, 2.05) is 0 Å². The van der Waals surface area contributed by atoms with Crippen LogP contribution in [-0.4, -0.2) is 35.7 Å². The molecule has 0 bridgehead atoms. The SMILES string of the molecule is O=C(CC(O)(c1ccccc1)C(F)(F)F)NC1CCN(c2ccccc2)C1=O. The molecule has 2 aromatic carbocycles. The Labute approximate surface area is 159 Å². The van der Waals surface area contributed by atoms with E-state index < -0.39 is 41.6 Å². The molecule has 1 aliphatic heterocycles. The number of halogens is 3. The van der Waals surface area contributed by atoms with Gasteiger partial charge in [-0.2, -0.15) is 13.2 Å². The normalized spacial score (nSPS) is 19.4. The maximum absolute atomic E-state index is 13.5.